The van der Waals surface area contributed by atoms with Gasteiger partial charge in [-0.3, -0.25) is 4.99 Å². The minimum Gasteiger partial charge on any atom is -0.356 e. The molecule has 0 aromatic carbocycles. The molecule has 1 N–H and O–H groups in total. The second kappa shape index (κ2) is 6.70. The summed E-state index contributed by atoms with van der Waals surface area (Å²) in [7, 11) is 3.98. The van der Waals surface area contributed by atoms with E-state index in [9.17, 15) is 0 Å². The highest BCUT2D eigenvalue weighted by atomic mass is 15.3. The number of nitrogens with zero attached hydrogens (tertiary/aromatic N) is 2. The summed E-state index contributed by atoms with van der Waals surface area (Å²) in [5.41, 5.74) is 0. The highest BCUT2D eigenvalue weighted by molar-refractivity contribution is 5.79. The Morgan fingerprint density at radius 2 is 2.20 bits per heavy atom. The van der Waals surface area contributed by atoms with Crippen molar-refractivity contribution in [1.82, 2.24) is 10.2 Å². The Bertz CT molecular complexity index is 197. The van der Waals surface area contributed by atoms with Gasteiger partial charge in [0.1, 0.15) is 0 Å². The van der Waals surface area contributed by atoms with E-state index in [0.717, 1.165) is 25.0 Å². The minimum atomic E-state index is 0.997. The summed E-state index contributed by atoms with van der Waals surface area (Å²) in [5.74, 6) is 2.04. The molecule has 0 radical (unpaired) electrons. The normalized spacial score (nSPS) is 16.6. The number of unbranched alkanes of at least 4 members (excludes halogenated alkanes) is 1. The van der Waals surface area contributed by atoms with Crippen LogP contribution in [0.15, 0.2) is 4.99 Å². The Balaban J connectivity index is 2.14. The molecule has 3 nitrogen and oxygen atoms in total. The summed E-state index contributed by atoms with van der Waals surface area (Å²) >= 11 is 0. The fraction of sp³-hybridized carbons (Fsp3) is 0.917. The molecule has 15 heavy (non-hydrogen) atoms. The monoisotopic (exact) mass is 211 g/mol. The Morgan fingerprint density at radius 1 is 1.47 bits per heavy atom. The van der Waals surface area contributed by atoms with Crippen molar-refractivity contribution >= 4 is 5.96 Å². The van der Waals surface area contributed by atoms with Crippen molar-refractivity contribution in [2.45, 2.75) is 39.0 Å². The van der Waals surface area contributed by atoms with Gasteiger partial charge in [0.15, 0.2) is 5.96 Å². The standard InChI is InChI=1S/C12H25N3/c1-4-5-10-15(3)12(13-2)14-9-8-11-6-7-11/h11H,4-10H2,1-3H3,(H,13,14). The molecule has 3 heteroatoms. The lowest BCUT2D eigenvalue weighted by molar-refractivity contribution is 0.463. The van der Waals surface area contributed by atoms with Gasteiger partial charge in [-0.05, 0) is 18.8 Å². The Morgan fingerprint density at radius 3 is 2.73 bits per heavy atom. The highest BCUT2D eigenvalue weighted by Crippen LogP contribution is 2.31. The van der Waals surface area contributed by atoms with Crippen LogP contribution in [0.3, 0.4) is 0 Å². The van der Waals surface area contributed by atoms with Crippen LogP contribution in [0.1, 0.15) is 39.0 Å². The first-order valence-electron chi connectivity index (χ1n) is 6.19. The lowest BCUT2D eigenvalue weighted by atomic mass is 10.3. The van der Waals surface area contributed by atoms with Crippen LogP contribution in [0.25, 0.3) is 0 Å². The van der Waals surface area contributed by atoms with E-state index >= 15 is 0 Å². The zero-order valence-electron chi connectivity index (χ0n) is 10.4. The molecule has 1 aliphatic rings. The van der Waals surface area contributed by atoms with E-state index in [1.165, 1.54) is 32.1 Å². The van der Waals surface area contributed by atoms with Gasteiger partial charge in [0.2, 0.25) is 0 Å². The molecule has 88 valence electrons. The van der Waals surface area contributed by atoms with Gasteiger partial charge in [-0.15, -0.1) is 0 Å². The van der Waals surface area contributed by atoms with Crippen molar-refractivity contribution in [3.63, 3.8) is 0 Å². The number of rotatable bonds is 6. The van der Waals surface area contributed by atoms with Crippen LogP contribution in [0.4, 0.5) is 0 Å². The van der Waals surface area contributed by atoms with Crippen molar-refractivity contribution in [2.24, 2.45) is 10.9 Å². The molecule has 0 atom stereocenters. The third-order valence-corrected chi connectivity index (χ3v) is 2.95. The summed E-state index contributed by atoms with van der Waals surface area (Å²) in [5, 5.41) is 3.43. The van der Waals surface area contributed by atoms with E-state index in [0.29, 0.717) is 0 Å². The maximum Gasteiger partial charge on any atom is 0.193 e. The van der Waals surface area contributed by atoms with Gasteiger partial charge >= 0.3 is 0 Å². The molecule has 0 spiro atoms. The molecule has 0 aromatic rings. The summed E-state index contributed by atoms with van der Waals surface area (Å²) in [4.78, 5) is 6.51. The topological polar surface area (TPSA) is 27.6 Å². The van der Waals surface area contributed by atoms with Crippen molar-refractivity contribution < 1.29 is 0 Å². The van der Waals surface area contributed by atoms with Gasteiger partial charge in [0.05, 0.1) is 0 Å². The van der Waals surface area contributed by atoms with E-state index in [2.05, 4.69) is 29.2 Å². The third-order valence-electron chi connectivity index (χ3n) is 2.95. The lowest BCUT2D eigenvalue weighted by Gasteiger charge is -2.21. The minimum absolute atomic E-state index is 0.997. The van der Waals surface area contributed by atoms with Crippen LogP contribution in [0.5, 0.6) is 0 Å². The zero-order valence-corrected chi connectivity index (χ0v) is 10.4. The van der Waals surface area contributed by atoms with Crippen molar-refractivity contribution in [2.75, 3.05) is 27.2 Å². The second-order valence-electron chi connectivity index (χ2n) is 4.48. The molecule has 0 aromatic heterocycles. The van der Waals surface area contributed by atoms with Gasteiger partial charge in [0.25, 0.3) is 0 Å². The first-order chi connectivity index (χ1) is 7.27. The maximum atomic E-state index is 4.29. The summed E-state index contributed by atoms with van der Waals surface area (Å²) in [6, 6.07) is 0. The first kappa shape index (κ1) is 12.3. The molecular formula is C12H25N3. The molecule has 1 aliphatic carbocycles. The average molecular weight is 211 g/mol. The molecule has 0 aliphatic heterocycles. The Labute approximate surface area is 94.0 Å². The number of nitrogens with one attached hydrogen (secondary N) is 1. The Hall–Kier alpha value is -0.730. The maximum absolute atomic E-state index is 4.29. The van der Waals surface area contributed by atoms with Gasteiger partial charge in [-0.2, -0.15) is 0 Å². The fourth-order valence-corrected chi connectivity index (χ4v) is 1.68. The van der Waals surface area contributed by atoms with E-state index in [1.807, 2.05) is 7.05 Å². The van der Waals surface area contributed by atoms with Crippen molar-refractivity contribution in [3.8, 4) is 0 Å². The van der Waals surface area contributed by atoms with Crippen LogP contribution in [0, 0.1) is 5.92 Å². The van der Waals surface area contributed by atoms with E-state index in [-0.39, 0.29) is 0 Å². The predicted octanol–water partition coefficient (Wildman–Crippen LogP) is 2.09. The summed E-state index contributed by atoms with van der Waals surface area (Å²) < 4.78 is 0. The van der Waals surface area contributed by atoms with Crippen molar-refractivity contribution in [1.29, 1.82) is 0 Å². The molecule has 1 rings (SSSR count). The van der Waals surface area contributed by atoms with Gasteiger partial charge in [-0.25, -0.2) is 0 Å². The molecule has 1 fully saturated rings. The van der Waals surface area contributed by atoms with Crippen molar-refractivity contribution in [3.05, 3.63) is 0 Å². The smallest absolute Gasteiger partial charge is 0.193 e. The van der Waals surface area contributed by atoms with E-state index in [4.69, 9.17) is 0 Å². The Kier molecular flexibility index (Phi) is 5.51. The quantitative estimate of drug-likeness (QED) is 0.538. The van der Waals surface area contributed by atoms with Gasteiger partial charge in [0, 0.05) is 27.2 Å². The molecule has 0 saturated heterocycles. The second-order valence-corrected chi connectivity index (χ2v) is 4.48. The molecule has 0 unspecified atom stereocenters. The number of hydrogen-bond donors (Lipinski definition) is 1. The summed E-state index contributed by atoms with van der Waals surface area (Å²) in [6.45, 7) is 4.39. The third kappa shape index (κ3) is 5.05. The highest BCUT2D eigenvalue weighted by Gasteiger charge is 2.20. The first-order valence-corrected chi connectivity index (χ1v) is 6.19. The molecule has 0 bridgehead atoms. The molecule has 1 saturated carbocycles. The van der Waals surface area contributed by atoms with Crippen LogP contribution >= 0.6 is 0 Å². The van der Waals surface area contributed by atoms with Crippen LogP contribution < -0.4 is 5.32 Å². The molecular weight excluding hydrogens is 186 g/mol. The van der Waals surface area contributed by atoms with Gasteiger partial charge in [-0.1, -0.05) is 26.2 Å². The lowest BCUT2D eigenvalue weighted by Crippen LogP contribution is -2.39. The van der Waals surface area contributed by atoms with E-state index < -0.39 is 0 Å². The molecule has 0 amide bonds. The van der Waals surface area contributed by atoms with Crippen LogP contribution in [-0.4, -0.2) is 38.0 Å². The number of guanidine groups is 1. The van der Waals surface area contributed by atoms with E-state index in [1.54, 1.807) is 0 Å². The summed E-state index contributed by atoms with van der Waals surface area (Å²) in [6.07, 6.45) is 6.65. The largest absolute Gasteiger partial charge is 0.356 e. The zero-order chi connectivity index (χ0) is 11.1. The molecule has 0 heterocycles. The number of aliphatic imine (C=N–C) groups is 1. The fourth-order valence-electron chi connectivity index (χ4n) is 1.68. The predicted molar refractivity (Wildman–Crippen MR) is 66.2 cm³/mol. The average Bonchev–Trinajstić information content (AvgIpc) is 3.05. The number of hydrogen-bond acceptors (Lipinski definition) is 1. The van der Waals surface area contributed by atoms with Crippen LogP contribution in [0.2, 0.25) is 0 Å². The van der Waals surface area contributed by atoms with Crippen LogP contribution in [-0.2, 0) is 0 Å². The van der Waals surface area contributed by atoms with Gasteiger partial charge < -0.3 is 10.2 Å². The SMILES string of the molecule is CCCCN(C)C(=NC)NCCC1CC1.